The lowest BCUT2D eigenvalue weighted by molar-refractivity contribution is -0.179. The van der Waals surface area contributed by atoms with Gasteiger partial charge in [-0.05, 0) is 54.2 Å². The molecule has 1 amide bonds. The minimum atomic E-state index is -0.899. The fourth-order valence-electron chi connectivity index (χ4n) is 3.91. The fourth-order valence-corrected chi connectivity index (χ4v) is 4.23. The molecule has 0 bridgehead atoms. The van der Waals surface area contributed by atoms with Crippen molar-refractivity contribution in [1.82, 2.24) is 4.90 Å². The summed E-state index contributed by atoms with van der Waals surface area (Å²) in [6.07, 6.45) is 0.698. The first kappa shape index (κ1) is 21.2. The van der Waals surface area contributed by atoms with Crippen molar-refractivity contribution < 1.29 is 19.1 Å². The predicted octanol–water partition coefficient (Wildman–Crippen LogP) is 4.98. The van der Waals surface area contributed by atoms with Crippen LogP contribution in [0.5, 0.6) is 0 Å². The quantitative estimate of drug-likeness (QED) is 0.586. The summed E-state index contributed by atoms with van der Waals surface area (Å²) in [5.74, 6) is -0.194. The number of amides is 1. The smallest absolute Gasteiger partial charge is 0.308 e. The third-order valence-electron chi connectivity index (χ3n) is 5.61. The molecule has 1 aliphatic heterocycles. The summed E-state index contributed by atoms with van der Waals surface area (Å²) in [5, 5.41) is 1.21. The van der Waals surface area contributed by atoms with Gasteiger partial charge in [-0.25, -0.2) is 0 Å². The summed E-state index contributed by atoms with van der Waals surface area (Å²) < 4.78 is 11.0. The van der Waals surface area contributed by atoms with Crippen molar-refractivity contribution >= 4 is 35.1 Å². The molecule has 0 N–H and O–H groups in total. The molecule has 2 aromatic carbocycles. The van der Waals surface area contributed by atoms with Gasteiger partial charge in [0.25, 0.3) is 5.91 Å². The van der Waals surface area contributed by atoms with E-state index in [2.05, 4.69) is 0 Å². The number of rotatable bonds is 6. The number of ether oxygens (including phenoxy) is 2. The highest BCUT2D eigenvalue weighted by molar-refractivity contribution is 6.30. The molecule has 30 heavy (non-hydrogen) atoms. The van der Waals surface area contributed by atoms with Crippen LogP contribution in [0, 0.1) is 5.92 Å². The normalized spacial score (nSPS) is 24.0. The first-order chi connectivity index (χ1) is 14.5. The van der Waals surface area contributed by atoms with Crippen LogP contribution in [0.4, 0.5) is 0 Å². The number of halogens is 2. The molecule has 0 spiro atoms. The highest BCUT2D eigenvalue weighted by Gasteiger charge is 2.46. The molecule has 1 saturated carbocycles. The molecule has 4 rings (SSSR count). The summed E-state index contributed by atoms with van der Waals surface area (Å²) >= 11 is 12.4. The molecule has 1 saturated heterocycles. The maximum Gasteiger partial charge on any atom is 0.308 e. The molecule has 5 nitrogen and oxygen atoms in total. The summed E-state index contributed by atoms with van der Waals surface area (Å²) in [7, 11) is 1.31. The fraction of sp³-hybridized carbons (Fsp3) is 0.391. The van der Waals surface area contributed by atoms with E-state index in [9.17, 15) is 9.59 Å². The second kappa shape index (κ2) is 8.96. The van der Waals surface area contributed by atoms with Crippen molar-refractivity contribution in [1.29, 1.82) is 0 Å². The number of carbonyl (C=O) groups excluding carboxylic acids is 2. The van der Waals surface area contributed by atoms with Gasteiger partial charge in [0.2, 0.25) is 0 Å². The zero-order chi connectivity index (χ0) is 21.3. The number of benzene rings is 2. The minimum Gasteiger partial charge on any atom is -0.469 e. The van der Waals surface area contributed by atoms with Crippen molar-refractivity contribution in [2.45, 2.75) is 37.5 Å². The van der Waals surface area contributed by atoms with Crippen LogP contribution in [0.1, 0.15) is 42.5 Å². The predicted molar refractivity (Wildman–Crippen MR) is 114 cm³/mol. The Labute approximate surface area is 185 Å². The number of hydrogen-bond donors (Lipinski definition) is 0. The highest BCUT2D eigenvalue weighted by Crippen LogP contribution is 2.45. The zero-order valence-electron chi connectivity index (χ0n) is 16.6. The molecule has 0 unspecified atom stereocenters. The van der Waals surface area contributed by atoms with Gasteiger partial charge in [-0.2, -0.15) is 0 Å². The Morgan fingerprint density at radius 1 is 1.10 bits per heavy atom. The van der Waals surface area contributed by atoms with Gasteiger partial charge in [0.05, 0.1) is 19.6 Å². The van der Waals surface area contributed by atoms with E-state index < -0.39 is 18.2 Å². The van der Waals surface area contributed by atoms with Gasteiger partial charge in [0, 0.05) is 16.6 Å². The van der Waals surface area contributed by atoms with Crippen LogP contribution >= 0.6 is 23.2 Å². The summed E-state index contributed by atoms with van der Waals surface area (Å²) in [4.78, 5) is 27.2. The monoisotopic (exact) mass is 447 g/mol. The van der Waals surface area contributed by atoms with Gasteiger partial charge in [0.1, 0.15) is 12.2 Å². The maximum atomic E-state index is 13.4. The minimum absolute atomic E-state index is 0.124. The Hall–Kier alpha value is -2.08. The summed E-state index contributed by atoms with van der Waals surface area (Å²) in [6.45, 7) is 0.629. The standard InChI is InChI=1S/C23H23Cl2NO4/c1-29-20(27)12-19-23(28)26(13-14-5-6-14)21(15-7-9-17(24)10-8-15)22(30-19)16-3-2-4-18(25)11-16/h2-4,7-11,14,19,21-22H,5-6,12-13H2,1H3/t19-,21-,22-/m1/s1. The van der Waals surface area contributed by atoms with Gasteiger partial charge in [-0.3, -0.25) is 9.59 Å². The van der Waals surface area contributed by atoms with Crippen molar-refractivity contribution in [3.05, 3.63) is 69.7 Å². The Morgan fingerprint density at radius 2 is 1.83 bits per heavy atom. The molecule has 3 atom stereocenters. The summed E-state index contributed by atoms with van der Waals surface area (Å²) in [6, 6.07) is 14.5. The van der Waals surface area contributed by atoms with Crippen molar-refractivity contribution in [3.63, 3.8) is 0 Å². The Kier molecular flexibility index (Phi) is 6.32. The van der Waals surface area contributed by atoms with Crippen LogP contribution in [-0.2, 0) is 19.1 Å². The molecule has 2 aliphatic rings. The van der Waals surface area contributed by atoms with Crippen molar-refractivity contribution in [3.8, 4) is 0 Å². The third-order valence-corrected chi connectivity index (χ3v) is 6.10. The lowest BCUT2D eigenvalue weighted by atomic mass is 9.91. The Morgan fingerprint density at radius 3 is 2.47 bits per heavy atom. The van der Waals surface area contributed by atoms with Gasteiger partial charge >= 0.3 is 5.97 Å². The first-order valence-corrected chi connectivity index (χ1v) is 10.8. The van der Waals surface area contributed by atoms with Crippen LogP contribution in [0.15, 0.2) is 48.5 Å². The molecule has 2 fully saturated rings. The molecule has 7 heteroatoms. The van der Waals surface area contributed by atoms with E-state index in [0.717, 1.165) is 24.0 Å². The van der Waals surface area contributed by atoms with Gasteiger partial charge in [0.15, 0.2) is 0 Å². The lowest BCUT2D eigenvalue weighted by Gasteiger charge is -2.45. The van der Waals surface area contributed by atoms with Crippen LogP contribution in [0.2, 0.25) is 10.0 Å². The Balaban J connectivity index is 1.77. The second-order valence-electron chi connectivity index (χ2n) is 7.81. The molecule has 158 valence electrons. The maximum absolute atomic E-state index is 13.4. The van der Waals surface area contributed by atoms with Crippen molar-refractivity contribution in [2.24, 2.45) is 5.92 Å². The summed E-state index contributed by atoms with van der Waals surface area (Å²) in [5.41, 5.74) is 1.78. The SMILES string of the molecule is COC(=O)C[C@H]1O[C@H](c2cccc(Cl)c2)[C@@H](c2ccc(Cl)cc2)N(CC2CC2)C1=O. The van der Waals surface area contributed by atoms with E-state index in [1.165, 1.54) is 7.11 Å². The largest absolute Gasteiger partial charge is 0.469 e. The van der Waals surface area contributed by atoms with Gasteiger partial charge in [-0.1, -0.05) is 47.5 Å². The van der Waals surface area contributed by atoms with E-state index in [4.69, 9.17) is 32.7 Å². The number of nitrogens with zero attached hydrogens (tertiary/aromatic N) is 1. The number of esters is 1. The van der Waals surface area contributed by atoms with Crippen LogP contribution in [0.25, 0.3) is 0 Å². The van der Waals surface area contributed by atoms with E-state index in [1.807, 2.05) is 47.4 Å². The zero-order valence-corrected chi connectivity index (χ0v) is 18.1. The van der Waals surface area contributed by atoms with Crippen molar-refractivity contribution in [2.75, 3.05) is 13.7 Å². The Bertz CT molecular complexity index is 929. The number of methoxy groups -OCH3 is 1. The van der Waals surface area contributed by atoms with E-state index in [0.29, 0.717) is 22.5 Å². The molecule has 1 aliphatic carbocycles. The highest BCUT2D eigenvalue weighted by atomic mass is 35.5. The second-order valence-corrected chi connectivity index (χ2v) is 8.68. The van der Waals surface area contributed by atoms with Crippen LogP contribution in [-0.4, -0.2) is 36.5 Å². The number of hydrogen-bond acceptors (Lipinski definition) is 4. The lowest BCUT2D eigenvalue weighted by Crippen LogP contribution is -2.52. The molecule has 0 radical (unpaired) electrons. The molecule has 2 aromatic rings. The topological polar surface area (TPSA) is 55.8 Å². The number of morpholine rings is 1. The molecular weight excluding hydrogens is 425 g/mol. The van der Waals surface area contributed by atoms with E-state index in [1.54, 1.807) is 6.07 Å². The molecular formula is C23H23Cl2NO4. The third kappa shape index (κ3) is 4.64. The average Bonchev–Trinajstić information content (AvgIpc) is 3.55. The number of carbonyl (C=O) groups is 2. The van der Waals surface area contributed by atoms with Gasteiger partial charge in [-0.15, -0.1) is 0 Å². The van der Waals surface area contributed by atoms with Crippen LogP contribution < -0.4 is 0 Å². The van der Waals surface area contributed by atoms with E-state index >= 15 is 0 Å². The van der Waals surface area contributed by atoms with Gasteiger partial charge < -0.3 is 14.4 Å². The van der Waals surface area contributed by atoms with Crippen LogP contribution in [0.3, 0.4) is 0 Å². The molecule has 0 aromatic heterocycles. The molecule has 1 heterocycles. The van der Waals surface area contributed by atoms with E-state index in [-0.39, 0.29) is 18.4 Å². The average molecular weight is 448 g/mol. The first-order valence-electron chi connectivity index (χ1n) is 10.00.